The zero-order valence-electron chi connectivity index (χ0n) is 10.1. The molecule has 0 spiro atoms. The highest BCUT2D eigenvalue weighted by Crippen LogP contribution is 2.13. The summed E-state index contributed by atoms with van der Waals surface area (Å²) >= 11 is 5.76. The van der Waals surface area contributed by atoms with Gasteiger partial charge in [0, 0.05) is 13.2 Å². The topological polar surface area (TPSA) is 59.8 Å². The Kier molecular flexibility index (Phi) is 3.62. The van der Waals surface area contributed by atoms with Crippen LogP contribution in [0, 0.1) is 0 Å². The fourth-order valence-corrected chi connectivity index (χ4v) is 1.81. The van der Waals surface area contributed by atoms with Crippen molar-refractivity contribution in [1.29, 1.82) is 0 Å². The van der Waals surface area contributed by atoms with E-state index in [4.69, 9.17) is 11.6 Å². The van der Waals surface area contributed by atoms with E-state index >= 15 is 0 Å². The zero-order valence-corrected chi connectivity index (χ0v) is 10.9. The molecule has 0 atom stereocenters. The molecule has 94 valence electrons. The van der Waals surface area contributed by atoms with Crippen LogP contribution in [0.4, 0.5) is 5.82 Å². The lowest BCUT2D eigenvalue weighted by atomic mass is 10.2. The molecule has 5 nitrogen and oxygen atoms in total. The third-order valence-corrected chi connectivity index (χ3v) is 2.65. The minimum absolute atomic E-state index is 0.227. The molecule has 2 rings (SSSR count). The first kappa shape index (κ1) is 12.6. The molecule has 2 aromatic rings. The predicted molar refractivity (Wildman–Crippen MR) is 69.8 cm³/mol. The molecule has 6 heteroatoms. The molecule has 0 aromatic carbocycles. The number of pyridine rings is 1. The van der Waals surface area contributed by atoms with Crippen LogP contribution in [-0.4, -0.2) is 20.7 Å². The second-order valence-corrected chi connectivity index (χ2v) is 4.20. The van der Waals surface area contributed by atoms with Crippen LogP contribution in [0.25, 0.3) is 0 Å². The van der Waals surface area contributed by atoms with E-state index in [1.54, 1.807) is 36.1 Å². The summed E-state index contributed by atoms with van der Waals surface area (Å²) in [7, 11) is 1.79. The van der Waals surface area contributed by atoms with Gasteiger partial charge in [0.15, 0.2) is 0 Å². The first-order valence-corrected chi connectivity index (χ1v) is 5.94. The number of amides is 1. The summed E-state index contributed by atoms with van der Waals surface area (Å²) in [4.78, 5) is 16.1. The van der Waals surface area contributed by atoms with Crippen molar-refractivity contribution >= 4 is 23.3 Å². The van der Waals surface area contributed by atoms with Gasteiger partial charge in [-0.1, -0.05) is 24.6 Å². The largest absolute Gasteiger partial charge is 0.306 e. The monoisotopic (exact) mass is 264 g/mol. The lowest BCUT2D eigenvalue weighted by Gasteiger charge is -2.03. The minimum Gasteiger partial charge on any atom is -0.306 e. The average Bonchev–Trinajstić information content (AvgIpc) is 2.70. The van der Waals surface area contributed by atoms with Crippen molar-refractivity contribution in [2.75, 3.05) is 5.32 Å². The van der Waals surface area contributed by atoms with Crippen molar-refractivity contribution in [3.05, 3.63) is 40.8 Å². The van der Waals surface area contributed by atoms with Crippen molar-refractivity contribution in [2.24, 2.45) is 7.05 Å². The Bertz CT molecular complexity index is 579. The Balaban J connectivity index is 2.21. The molecule has 2 aromatic heterocycles. The second kappa shape index (κ2) is 5.18. The Labute approximate surface area is 110 Å². The molecule has 0 radical (unpaired) electrons. The number of anilines is 1. The van der Waals surface area contributed by atoms with Crippen molar-refractivity contribution < 1.29 is 4.79 Å². The number of halogens is 1. The number of carbonyl (C=O) groups excluding carboxylic acids is 1. The smallest absolute Gasteiger partial charge is 0.260 e. The van der Waals surface area contributed by atoms with Gasteiger partial charge in [-0.3, -0.25) is 9.48 Å². The van der Waals surface area contributed by atoms with E-state index in [2.05, 4.69) is 15.4 Å². The highest BCUT2D eigenvalue weighted by atomic mass is 35.5. The van der Waals surface area contributed by atoms with Gasteiger partial charge in [-0.15, -0.1) is 0 Å². The molecule has 0 aliphatic heterocycles. The molecule has 0 fully saturated rings. The van der Waals surface area contributed by atoms with E-state index < -0.39 is 0 Å². The molecular weight excluding hydrogens is 252 g/mol. The molecule has 18 heavy (non-hydrogen) atoms. The van der Waals surface area contributed by atoms with Crippen LogP contribution in [0.3, 0.4) is 0 Å². The summed E-state index contributed by atoms with van der Waals surface area (Å²) in [5.41, 5.74) is 1.32. The third-order valence-electron chi connectivity index (χ3n) is 2.44. The molecular formula is C12H13ClN4O. The van der Waals surface area contributed by atoms with Crippen LogP contribution in [0.2, 0.25) is 5.15 Å². The number of hydrogen-bond donors (Lipinski definition) is 1. The van der Waals surface area contributed by atoms with Gasteiger partial charge in [0.2, 0.25) is 0 Å². The van der Waals surface area contributed by atoms with Gasteiger partial charge in [-0.05, 0) is 18.6 Å². The molecule has 0 saturated carbocycles. The summed E-state index contributed by atoms with van der Waals surface area (Å²) in [5.74, 6) is 0.202. The number of carbonyl (C=O) groups is 1. The Morgan fingerprint density at radius 1 is 1.50 bits per heavy atom. The van der Waals surface area contributed by atoms with Crippen molar-refractivity contribution in [2.45, 2.75) is 13.3 Å². The van der Waals surface area contributed by atoms with E-state index in [1.807, 2.05) is 6.92 Å². The summed E-state index contributed by atoms with van der Waals surface area (Å²) in [6.07, 6.45) is 2.39. The summed E-state index contributed by atoms with van der Waals surface area (Å²) < 4.78 is 1.62. The highest BCUT2D eigenvalue weighted by molar-refractivity contribution is 6.29. The lowest BCUT2D eigenvalue weighted by Crippen LogP contribution is -2.14. The standard InChI is InChI=1S/C12H13ClN4O/c1-3-9-8(7-17(2)16-9)12(18)15-11-6-4-5-10(13)14-11/h4-7H,3H2,1-2H3,(H,14,15,18). The van der Waals surface area contributed by atoms with E-state index in [9.17, 15) is 4.79 Å². The molecule has 0 bridgehead atoms. The van der Waals surface area contributed by atoms with Gasteiger partial charge in [0.1, 0.15) is 11.0 Å². The number of nitrogens with one attached hydrogen (secondary N) is 1. The maximum absolute atomic E-state index is 12.1. The summed E-state index contributed by atoms with van der Waals surface area (Å²) in [6, 6.07) is 5.07. The first-order chi connectivity index (χ1) is 8.60. The average molecular weight is 265 g/mol. The number of aryl methyl sites for hydroxylation is 2. The number of hydrogen-bond acceptors (Lipinski definition) is 3. The van der Waals surface area contributed by atoms with Crippen molar-refractivity contribution in [1.82, 2.24) is 14.8 Å². The van der Waals surface area contributed by atoms with Crippen LogP contribution in [0.1, 0.15) is 23.0 Å². The molecule has 0 aliphatic carbocycles. The first-order valence-electron chi connectivity index (χ1n) is 5.56. The Morgan fingerprint density at radius 2 is 2.28 bits per heavy atom. The quantitative estimate of drug-likeness (QED) is 0.866. The molecule has 1 amide bonds. The fourth-order valence-electron chi connectivity index (χ4n) is 1.65. The van der Waals surface area contributed by atoms with Crippen LogP contribution < -0.4 is 5.32 Å². The van der Waals surface area contributed by atoms with E-state index in [-0.39, 0.29) is 5.91 Å². The fraction of sp³-hybridized carbons (Fsp3) is 0.250. The normalized spacial score (nSPS) is 10.4. The van der Waals surface area contributed by atoms with Gasteiger partial charge < -0.3 is 5.32 Å². The third kappa shape index (κ3) is 2.68. The molecule has 0 saturated heterocycles. The number of nitrogens with zero attached hydrogens (tertiary/aromatic N) is 3. The van der Waals surface area contributed by atoms with Crippen LogP contribution in [0.5, 0.6) is 0 Å². The van der Waals surface area contributed by atoms with Crippen molar-refractivity contribution in [3.8, 4) is 0 Å². The summed E-state index contributed by atoms with van der Waals surface area (Å²) in [6.45, 7) is 1.96. The predicted octanol–water partition coefficient (Wildman–Crippen LogP) is 2.28. The Hall–Kier alpha value is -1.88. The maximum Gasteiger partial charge on any atom is 0.260 e. The summed E-state index contributed by atoms with van der Waals surface area (Å²) in [5, 5.41) is 7.26. The zero-order chi connectivity index (χ0) is 13.1. The number of rotatable bonds is 3. The van der Waals surface area contributed by atoms with Gasteiger partial charge in [0.25, 0.3) is 5.91 Å². The highest BCUT2D eigenvalue weighted by Gasteiger charge is 2.14. The van der Waals surface area contributed by atoms with Crippen molar-refractivity contribution in [3.63, 3.8) is 0 Å². The Morgan fingerprint density at radius 3 is 2.94 bits per heavy atom. The second-order valence-electron chi connectivity index (χ2n) is 3.82. The molecule has 0 unspecified atom stereocenters. The van der Waals surface area contributed by atoms with Crippen LogP contribution in [-0.2, 0) is 13.5 Å². The van der Waals surface area contributed by atoms with E-state index in [1.165, 1.54) is 0 Å². The SMILES string of the molecule is CCc1nn(C)cc1C(=O)Nc1cccc(Cl)n1. The molecule has 2 heterocycles. The molecule has 0 aliphatic rings. The van der Waals surface area contributed by atoms with Crippen LogP contribution in [0.15, 0.2) is 24.4 Å². The maximum atomic E-state index is 12.1. The van der Waals surface area contributed by atoms with Gasteiger partial charge in [-0.2, -0.15) is 5.10 Å². The van der Waals surface area contributed by atoms with Gasteiger partial charge in [0.05, 0.1) is 11.3 Å². The lowest BCUT2D eigenvalue weighted by molar-refractivity contribution is 0.102. The van der Waals surface area contributed by atoms with E-state index in [0.717, 1.165) is 5.69 Å². The van der Waals surface area contributed by atoms with Crippen LogP contribution >= 0.6 is 11.6 Å². The molecule has 1 N–H and O–H groups in total. The van der Waals surface area contributed by atoms with E-state index in [0.29, 0.717) is 23.0 Å². The minimum atomic E-state index is -0.227. The van der Waals surface area contributed by atoms with Gasteiger partial charge in [-0.25, -0.2) is 4.98 Å². The number of aromatic nitrogens is 3. The van der Waals surface area contributed by atoms with Gasteiger partial charge >= 0.3 is 0 Å².